The third-order valence-corrected chi connectivity index (χ3v) is 4.85. The molecule has 0 aliphatic rings. The van der Waals surface area contributed by atoms with Crippen LogP contribution in [0.15, 0.2) is 47.3 Å². The SMILES string of the molecule is CCc1cc(=O)n(CC(=O)Nc2cc(Cl)c(OC)cc2OC)c(-c2cccc(F)c2)n1. The monoisotopic (exact) mass is 445 g/mol. The van der Waals surface area contributed by atoms with E-state index in [1.165, 1.54) is 49.1 Å². The standard InChI is InChI=1S/C22H21ClFN3O4/c1-4-15-9-21(29)27(22(25-15)13-6-5-7-14(24)8-13)12-20(28)26-17-10-16(23)18(30-2)11-19(17)31-3/h5-11H,4,12H2,1-3H3,(H,26,28). The second-order valence-electron chi connectivity index (χ2n) is 6.59. The third kappa shape index (κ3) is 5.03. The Bertz CT molecular complexity index is 1180. The Hall–Kier alpha value is -3.39. The molecule has 1 N–H and O–H groups in total. The molecule has 3 rings (SSSR count). The highest BCUT2D eigenvalue weighted by atomic mass is 35.5. The van der Waals surface area contributed by atoms with Crippen LogP contribution in [-0.2, 0) is 17.8 Å². The molecule has 0 unspecified atom stereocenters. The Balaban J connectivity index is 1.97. The van der Waals surface area contributed by atoms with Crippen LogP contribution in [0, 0.1) is 5.82 Å². The number of amides is 1. The van der Waals surface area contributed by atoms with E-state index in [9.17, 15) is 14.0 Å². The number of aryl methyl sites for hydroxylation is 1. The highest BCUT2D eigenvalue weighted by molar-refractivity contribution is 6.32. The summed E-state index contributed by atoms with van der Waals surface area (Å²) in [7, 11) is 2.91. The zero-order chi connectivity index (χ0) is 22.5. The Morgan fingerprint density at radius 3 is 2.55 bits per heavy atom. The van der Waals surface area contributed by atoms with Gasteiger partial charge in [0, 0.05) is 23.4 Å². The third-order valence-electron chi connectivity index (χ3n) is 4.56. The molecule has 0 radical (unpaired) electrons. The van der Waals surface area contributed by atoms with Crippen LogP contribution < -0.4 is 20.3 Å². The number of carbonyl (C=O) groups excluding carboxylic acids is 1. The molecule has 0 saturated carbocycles. The minimum Gasteiger partial charge on any atom is -0.495 e. The van der Waals surface area contributed by atoms with Crippen molar-refractivity contribution in [1.82, 2.24) is 9.55 Å². The quantitative estimate of drug-likeness (QED) is 0.596. The molecule has 0 aliphatic carbocycles. The Morgan fingerprint density at radius 1 is 1.16 bits per heavy atom. The molecule has 162 valence electrons. The molecule has 1 heterocycles. The number of nitrogens with zero attached hydrogens (tertiary/aromatic N) is 2. The summed E-state index contributed by atoms with van der Waals surface area (Å²) in [6.07, 6.45) is 0.520. The van der Waals surface area contributed by atoms with E-state index in [0.717, 1.165) is 0 Å². The van der Waals surface area contributed by atoms with Crippen molar-refractivity contribution in [2.45, 2.75) is 19.9 Å². The molecule has 0 atom stereocenters. The summed E-state index contributed by atoms with van der Waals surface area (Å²) in [5.74, 6) is -0.0430. The van der Waals surface area contributed by atoms with Gasteiger partial charge in [-0.25, -0.2) is 9.37 Å². The fraction of sp³-hybridized carbons (Fsp3) is 0.227. The number of aromatic nitrogens is 2. The van der Waals surface area contributed by atoms with E-state index in [1.807, 2.05) is 6.92 Å². The molecule has 1 aromatic heterocycles. The first-order chi connectivity index (χ1) is 14.9. The van der Waals surface area contributed by atoms with E-state index in [1.54, 1.807) is 12.1 Å². The summed E-state index contributed by atoms with van der Waals surface area (Å²) >= 11 is 6.15. The number of ether oxygens (including phenoxy) is 2. The van der Waals surface area contributed by atoms with E-state index in [2.05, 4.69) is 10.3 Å². The Labute approximate surface area is 183 Å². The van der Waals surface area contributed by atoms with Gasteiger partial charge in [-0.1, -0.05) is 30.7 Å². The van der Waals surface area contributed by atoms with E-state index < -0.39 is 17.3 Å². The Morgan fingerprint density at radius 2 is 1.90 bits per heavy atom. The van der Waals surface area contributed by atoms with Crippen molar-refractivity contribution in [3.05, 3.63) is 69.4 Å². The maximum atomic E-state index is 13.8. The average Bonchev–Trinajstić information content (AvgIpc) is 2.75. The number of methoxy groups -OCH3 is 2. The number of halogens is 2. The molecular weight excluding hydrogens is 425 g/mol. The van der Waals surface area contributed by atoms with Gasteiger partial charge in [0.15, 0.2) is 0 Å². The zero-order valence-corrected chi connectivity index (χ0v) is 18.0. The molecule has 0 bridgehead atoms. The number of benzene rings is 2. The van der Waals surface area contributed by atoms with Crippen molar-refractivity contribution in [3.63, 3.8) is 0 Å². The van der Waals surface area contributed by atoms with Crippen LogP contribution in [0.4, 0.5) is 10.1 Å². The minimum atomic E-state index is -0.509. The van der Waals surface area contributed by atoms with Gasteiger partial charge in [0.1, 0.15) is 29.7 Å². The van der Waals surface area contributed by atoms with Gasteiger partial charge >= 0.3 is 0 Å². The molecule has 9 heteroatoms. The predicted molar refractivity (Wildman–Crippen MR) is 116 cm³/mol. The lowest BCUT2D eigenvalue weighted by atomic mass is 10.2. The van der Waals surface area contributed by atoms with Crippen LogP contribution in [0.3, 0.4) is 0 Å². The van der Waals surface area contributed by atoms with Crippen molar-refractivity contribution in [2.75, 3.05) is 19.5 Å². The first kappa shape index (κ1) is 22.3. The summed E-state index contributed by atoms with van der Waals surface area (Å²) in [5, 5.41) is 2.97. The van der Waals surface area contributed by atoms with Gasteiger partial charge in [0.2, 0.25) is 5.91 Å². The molecular formula is C22H21ClFN3O4. The number of hydrogen-bond acceptors (Lipinski definition) is 5. The van der Waals surface area contributed by atoms with Gasteiger partial charge in [-0.2, -0.15) is 0 Å². The number of anilines is 1. The van der Waals surface area contributed by atoms with Gasteiger partial charge in [-0.15, -0.1) is 0 Å². The largest absolute Gasteiger partial charge is 0.495 e. The number of carbonyl (C=O) groups is 1. The lowest BCUT2D eigenvalue weighted by Gasteiger charge is -2.15. The molecule has 7 nitrogen and oxygen atoms in total. The van der Waals surface area contributed by atoms with E-state index in [4.69, 9.17) is 21.1 Å². The minimum absolute atomic E-state index is 0.207. The van der Waals surface area contributed by atoms with Gasteiger partial charge in [0.25, 0.3) is 5.56 Å². The van der Waals surface area contributed by atoms with Crippen LogP contribution >= 0.6 is 11.6 Å². The summed E-state index contributed by atoms with van der Waals surface area (Å²) < 4.78 is 25.4. The molecule has 0 fully saturated rings. The van der Waals surface area contributed by atoms with Crippen LogP contribution in [0.1, 0.15) is 12.6 Å². The predicted octanol–water partition coefficient (Wildman–Crippen LogP) is 3.92. The van der Waals surface area contributed by atoms with Gasteiger partial charge in [-0.3, -0.25) is 14.2 Å². The topological polar surface area (TPSA) is 82.5 Å². The summed E-state index contributed by atoms with van der Waals surface area (Å²) in [5.41, 5.74) is 0.840. The zero-order valence-electron chi connectivity index (χ0n) is 17.2. The van der Waals surface area contributed by atoms with E-state index >= 15 is 0 Å². The summed E-state index contributed by atoms with van der Waals surface area (Å²) in [6.45, 7) is 1.52. The van der Waals surface area contributed by atoms with Crippen molar-refractivity contribution in [3.8, 4) is 22.9 Å². The molecule has 3 aromatic rings. The molecule has 0 saturated heterocycles. The molecule has 31 heavy (non-hydrogen) atoms. The van der Waals surface area contributed by atoms with E-state index in [-0.39, 0.29) is 17.4 Å². The molecule has 0 aliphatic heterocycles. The number of rotatable bonds is 7. The lowest BCUT2D eigenvalue weighted by molar-refractivity contribution is -0.116. The van der Waals surface area contributed by atoms with Gasteiger partial charge in [-0.05, 0) is 24.6 Å². The lowest BCUT2D eigenvalue weighted by Crippen LogP contribution is -2.30. The van der Waals surface area contributed by atoms with Crippen molar-refractivity contribution >= 4 is 23.2 Å². The normalized spacial score (nSPS) is 10.6. The number of hydrogen-bond donors (Lipinski definition) is 1. The first-order valence-electron chi connectivity index (χ1n) is 9.44. The fourth-order valence-corrected chi connectivity index (χ4v) is 3.27. The number of nitrogens with one attached hydrogen (secondary N) is 1. The smallest absolute Gasteiger partial charge is 0.254 e. The summed E-state index contributed by atoms with van der Waals surface area (Å²) in [4.78, 5) is 29.9. The van der Waals surface area contributed by atoms with Crippen molar-refractivity contribution in [2.24, 2.45) is 0 Å². The molecule has 1 amide bonds. The Kier molecular flexibility index (Phi) is 6.91. The summed E-state index contributed by atoms with van der Waals surface area (Å²) in [6, 6.07) is 10.1. The average molecular weight is 446 g/mol. The maximum Gasteiger partial charge on any atom is 0.254 e. The highest BCUT2D eigenvalue weighted by Gasteiger charge is 2.17. The van der Waals surface area contributed by atoms with Crippen LogP contribution in [0.2, 0.25) is 5.02 Å². The molecule has 0 spiro atoms. The van der Waals surface area contributed by atoms with Crippen molar-refractivity contribution < 1.29 is 18.7 Å². The van der Waals surface area contributed by atoms with Crippen LogP contribution in [0.5, 0.6) is 11.5 Å². The second-order valence-corrected chi connectivity index (χ2v) is 7.00. The maximum absolute atomic E-state index is 13.8. The van der Waals surface area contributed by atoms with E-state index in [0.29, 0.717) is 34.9 Å². The highest BCUT2D eigenvalue weighted by Crippen LogP contribution is 2.35. The van der Waals surface area contributed by atoms with Gasteiger partial charge in [0.05, 0.1) is 24.9 Å². The van der Waals surface area contributed by atoms with Crippen LogP contribution in [0.25, 0.3) is 11.4 Å². The first-order valence-corrected chi connectivity index (χ1v) is 9.82. The fourth-order valence-electron chi connectivity index (χ4n) is 3.03. The second kappa shape index (κ2) is 9.61. The molecule has 2 aromatic carbocycles. The van der Waals surface area contributed by atoms with Crippen LogP contribution in [-0.4, -0.2) is 29.7 Å². The van der Waals surface area contributed by atoms with Crippen molar-refractivity contribution in [1.29, 1.82) is 0 Å². The van der Waals surface area contributed by atoms with Gasteiger partial charge < -0.3 is 14.8 Å².